The van der Waals surface area contributed by atoms with Gasteiger partial charge < -0.3 is 10.6 Å². The molecule has 0 atom stereocenters. The fourth-order valence-corrected chi connectivity index (χ4v) is 1.56. The molecular formula is C11H16N4O. The minimum atomic E-state index is -0.537. The van der Waals surface area contributed by atoms with Crippen LogP contribution in [-0.4, -0.2) is 29.5 Å². The Morgan fingerprint density at radius 3 is 2.94 bits per heavy atom. The molecule has 0 radical (unpaired) electrons. The topological polar surface area (TPSA) is 72.1 Å². The molecule has 0 aliphatic heterocycles. The van der Waals surface area contributed by atoms with Gasteiger partial charge in [-0.1, -0.05) is 12.8 Å². The second-order valence-electron chi connectivity index (χ2n) is 4.28. The van der Waals surface area contributed by atoms with Crippen molar-refractivity contribution in [3.63, 3.8) is 0 Å². The monoisotopic (exact) mass is 220 g/mol. The zero-order valence-electron chi connectivity index (χ0n) is 9.39. The number of primary amides is 1. The third-order valence-corrected chi connectivity index (χ3v) is 2.84. The van der Waals surface area contributed by atoms with Gasteiger partial charge >= 0.3 is 0 Å². The van der Waals surface area contributed by atoms with E-state index < -0.39 is 5.91 Å². The minimum absolute atomic E-state index is 0.218. The number of carbonyl (C=O) groups excluding carboxylic acids is 1. The summed E-state index contributed by atoms with van der Waals surface area (Å²) < 4.78 is 0. The fraction of sp³-hybridized carbons (Fsp3) is 0.545. The first-order valence-electron chi connectivity index (χ1n) is 5.50. The van der Waals surface area contributed by atoms with Crippen molar-refractivity contribution in [2.45, 2.75) is 19.3 Å². The lowest BCUT2D eigenvalue weighted by Crippen LogP contribution is -2.22. The number of hydrogen-bond acceptors (Lipinski definition) is 4. The van der Waals surface area contributed by atoms with Crippen LogP contribution in [0.15, 0.2) is 12.4 Å². The molecule has 1 saturated carbocycles. The predicted octanol–water partition coefficient (Wildman–Crippen LogP) is 0.812. The van der Waals surface area contributed by atoms with Gasteiger partial charge in [0, 0.05) is 13.6 Å². The lowest BCUT2D eigenvalue weighted by molar-refractivity contribution is 0.0995. The SMILES string of the molecule is CN(CCC1CC1)c1cncc(C(N)=O)n1. The van der Waals surface area contributed by atoms with Crippen LogP contribution in [0.4, 0.5) is 5.82 Å². The molecule has 86 valence electrons. The van der Waals surface area contributed by atoms with Crippen molar-refractivity contribution >= 4 is 11.7 Å². The van der Waals surface area contributed by atoms with Crippen LogP contribution < -0.4 is 10.6 Å². The molecule has 1 fully saturated rings. The highest BCUT2D eigenvalue weighted by Crippen LogP contribution is 2.32. The summed E-state index contributed by atoms with van der Waals surface area (Å²) in [7, 11) is 1.96. The maximum Gasteiger partial charge on any atom is 0.268 e. The summed E-state index contributed by atoms with van der Waals surface area (Å²) in [4.78, 5) is 21.1. The van der Waals surface area contributed by atoms with E-state index in [1.54, 1.807) is 6.20 Å². The van der Waals surface area contributed by atoms with E-state index in [-0.39, 0.29) is 5.69 Å². The van der Waals surface area contributed by atoms with Gasteiger partial charge in [-0.15, -0.1) is 0 Å². The van der Waals surface area contributed by atoms with Crippen LogP contribution in [0.2, 0.25) is 0 Å². The van der Waals surface area contributed by atoms with Gasteiger partial charge in [0.05, 0.1) is 12.4 Å². The van der Waals surface area contributed by atoms with Crippen molar-refractivity contribution < 1.29 is 4.79 Å². The Balaban J connectivity index is 2.00. The number of carbonyl (C=O) groups is 1. The van der Waals surface area contributed by atoms with Crippen molar-refractivity contribution in [2.24, 2.45) is 11.7 Å². The van der Waals surface area contributed by atoms with E-state index in [4.69, 9.17) is 5.73 Å². The first-order valence-corrected chi connectivity index (χ1v) is 5.50. The summed E-state index contributed by atoms with van der Waals surface area (Å²) in [5.74, 6) is 1.05. The highest BCUT2D eigenvalue weighted by Gasteiger charge is 2.21. The molecule has 2 N–H and O–H groups in total. The van der Waals surface area contributed by atoms with E-state index in [0.29, 0.717) is 5.82 Å². The van der Waals surface area contributed by atoms with Crippen LogP contribution >= 0.6 is 0 Å². The highest BCUT2D eigenvalue weighted by molar-refractivity contribution is 5.90. The maximum absolute atomic E-state index is 11.0. The number of nitrogens with two attached hydrogens (primary N) is 1. The summed E-state index contributed by atoms with van der Waals surface area (Å²) in [6, 6.07) is 0. The van der Waals surface area contributed by atoms with Gasteiger partial charge in [-0.3, -0.25) is 9.78 Å². The zero-order valence-corrected chi connectivity index (χ0v) is 9.39. The first kappa shape index (κ1) is 10.9. The van der Waals surface area contributed by atoms with Crippen molar-refractivity contribution in [2.75, 3.05) is 18.5 Å². The van der Waals surface area contributed by atoms with E-state index in [9.17, 15) is 4.79 Å². The molecule has 0 bridgehead atoms. The molecule has 1 heterocycles. The Hall–Kier alpha value is -1.65. The number of rotatable bonds is 5. The normalized spacial score (nSPS) is 14.8. The molecule has 1 aliphatic carbocycles. The Morgan fingerprint density at radius 2 is 2.31 bits per heavy atom. The summed E-state index contributed by atoms with van der Waals surface area (Å²) >= 11 is 0. The maximum atomic E-state index is 11.0. The molecule has 0 aromatic carbocycles. The Bertz CT molecular complexity index is 389. The average Bonchev–Trinajstić information content (AvgIpc) is 3.10. The molecule has 1 aromatic heterocycles. The number of amides is 1. The van der Waals surface area contributed by atoms with Crippen LogP contribution in [0.1, 0.15) is 29.8 Å². The number of anilines is 1. The summed E-state index contributed by atoms with van der Waals surface area (Å²) in [6.45, 7) is 0.946. The van der Waals surface area contributed by atoms with Gasteiger partial charge in [0.25, 0.3) is 5.91 Å². The van der Waals surface area contributed by atoms with Crippen LogP contribution in [-0.2, 0) is 0 Å². The summed E-state index contributed by atoms with van der Waals surface area (Å²) in [5.41, 5.74) is 5.37. The smallest absolute Gasteiger partial charge is 0.268 e. The molecule has 1 aromatic rings. The van der Waals surface area contributed by atoms with Gasteiger partial charge in [-0.05, 0) is 12.3 Å². The lowest BCUT2D eigenvalue weighted by atomic mass is 10.3. The van der Waals surface area contributed by atoms with Crippen molar-refractivity contribution in [1.82, 2.24) is 9.97 Å². The molecular weight excluding hydrogens is 204 g/mol. The quantitative estimate of drug-likeness (QED) is 0.797. The van der Waals surface area contributed by atoms with E-state index in [1.807, 2.05) is 11.9 Å². The van der Waals surface area contributed by atoms with E-state index >= 15 is 0 Å². The second-order valence-corrected chi connectivity index (χ2v) is 4.28. The van der Waals surface area contributed by atoms with Crippen molar-refractivity contribution in [1.29, 1.82) is 0 Å². The van der Waals surface area contributed by atoms with E-state index in [2.05, 4.69) is 9.97 Å². The molecule has 0 unspecified atom stereocenters. The Morgan fingerprint density at radius 1 is 1.56 bits per heavy atom. The largest absolute Gasteiger partial charge is 0.364 e. The van der Waals surface area contributed by atoms with Crippen LogP contribution in [0.25, 0.3) is 0 Å². The van der Waals surface area contributed by atoms with E-state index in [1.165, 1.54) is 25.5 Å². The Labute approximate surface area is 94.7 Å². The molecule has 0 spiro atoms. The van der Waals surface area contributed by atoms with E-state index in [0.717, 1.165) is 12.5 Å². The van der Waals surface area contributed by atoms with Crippen LogP contribution in [0, 0.1) is 5.92 Å². The molecule has 1 aliphatic rings. The van der Waals surface area contributed by atoms with Gasteiger partial charge in [-0.25, -0.2) is 4.98 Å². The summed E-state index contributed by atoms with van der Waals surface area (Å²) in [5, 5.41) is 0. The minimum Gasteiger partial charge on any atom is -0.364 e. The third-order valence-electron chi connectivity index (χ3n) is 2.84. The number of aromatic nitrogens is 2. The lowest BCUT2D eigenvalue weighted by Gasteiger charge is -2.17. The van der Waals surface area contributed by atoms with Crippen molar-refractivity contribution in [3.8, 4) is 0 Å². The molecule has 5 nitrogen and oxygen atoms in total. The number of nitrogens with zero attached hydrogens (tertiary/aromatic N) is 3. The molecule has 1 amide bonds. The second kappa shape index (κ2) is 4.47. The predicted molar refractivity (Wildman–Crippen MR) is 61.2 cm³/mol. The van der Waals surface area contributed by atoms with Crippen LogP contribution in [0.5, 0.6) is 0 Å². The van der Waals surface area contributed by atoms with Gasteiger partial charge in [0.15, 0.2) is 0 Å². The van der Waals surface area contributed by atoms with Gasteiger partial charge in [0.1, 0.15) is 11.5 Å². The highest BCUT2D eigenvalue weighted by atomic mass is 16.1. The third kappa shape index (κ3) is 2.68. The molecule has 16 heavy (non-hydrogen) atoms. The van der Waals surface area contributed by atoms with Crippen molar-refractivity contribution in [3.05, 3.63) is 18.1 Å². The fourth-order valence-electron chi connectivity index (χ4n) is 1.56. The molecule has 5 heteroatoms. The molecule has 2 rings (SSSR count). The van der Waals surface area contributed by atoms with Gasteiger partial charge in [-0.2, -0.15) is 0 Å². The summed E-state index contributed by atoms with van der Waals surface area (Å²) in [6.07, 6.45) is 6.92. The number of hydrogen-bond donors (Lipinski definition) is 1. The Kier molecular flexibility index (Phi) is 3.03. The zero-order chi connectivity index (χ0) is 11.5. The van der Waals surface area contributed by atoms with Gasteiger partial charge in [0.2, 0.25) is 0 Å². The average molecular weight is 220 g/mol. The first-order chi connectivity index (χ1) is 7.66. The molecule has 0 saturated heterocycles. The van der Waals surface area contributed by atoms with Crippen LogP contribution in [0.3, 0.4) is 0 Å². The standard InChI is InChI=1S/C11H16N4O/c1-15(5-4-8-2-3-8)10-7-13-6-9(14-10)11(12)16/h6-8H,2-5H2,1H3,(H2,12,16).